The van der Waals surface area contributed by atoms with Crippen LogP contribution in [0.2, 0.25) is 0 Å². The summed E-state index contributed by atoms with van der Waals surface area (Å²) in [4.78, 5) is 14.1. The van der Waals surface area contributed by atoms with E-state index in [0.717, 1.165) is 5.56 Å². The predicted molar refractivity (Wildman–Crippen MR) is 66.7 cm³/mol. The fourth-order valence-corrected chi connectivity index (χ4v) is 2.30. The Balaban J connectivity index is 2.06. The predicted octanol–water partition coefficient (Wildman–Crippen LogP) is 0.0557. The Bertz CT molecular complexity index is 421. The average molecular weight is 252 g/mol. The van der Waals surface area contributed by atoms with E-state index in [1.54, 1.807) is 29.0 Å². The molecule has 0 radical (unpaired) electrons. The molecule has 0 aromatic carbocycles. The van der Waals surface area contributed by atoms with Crippen LogP contribution in [0.3, 0.4) is 0 Å². The lowest BCUT2D eigenvalue weighted by Crippen LogP contribution is -2.50. The van der Waals surface area contributed by atoms with Gasteiger partial charge in [0.2, 0.25) is 5.91 Å². The molecule has 0 spiro atoms. The van der Waals surface area contributed by atoms with Crippen LogP contribution < -0.4 is 5.73 Å². The maximum Gasteiger partial charge on any atom is 0.244 e. The average Bonchev–Trinajstić information content (AvgIpc) is 2.72. The zero-order valence-electron chi connectivity index (χ0n) is 11.0. The van der Waals surface area contributed by atoms with Crippen LogP contribution in [0.1, 0.15) is 25.5 Å². The number of nitrogens with zero attached hydrogens (tertiary/aromatic N) is 3. The fourth-order valence-electron chi connectivity index (χ4n) is 2.30. The Hall–Kier alpha value is -1.40. The number of morpholine rings is 1. The van der Waals surface area contributed by atoms with Gasteiger partial charge in [0.05, 0.1) is 18.4 Å². The first-order valence-electron chi connectivity index (χ1n) is 6.15. The largest absolute Gasteiger partial charge is 0.372 e. The fraction of sp³-hybridized carbons (Fsp3) is 0.667. The Morgan fingerprint density at radius 1 is 1.50 bits per heavy atom. The molecule has 0 aliphatic carbocycles. The van der Waals surface area contributed by atoms with Crippen LogP contribution in [0.4, 0.5) is 0 Å². The van der Waals surface area contributed by atoms with Crippen LogP contribution >= 0.6 is 0 Å². The van der Waals surface area contributed by atoms with Crippen molar-refractivity contribution in [3.05, 3.63) is 18.0 Å². The van der Waals surface area contributed by atoms with Crippen molar-refractivity contribution in [3.63, 3.8) is 0 Å². The van der Waals surface area contributed by atoms with E-state index in [2.05, 4.69) is 5.10 Å². The van der Waals surface area contributed by atoms with Gasteiger partial charge in [-0.3, -0.25) is 9.48 Å². The summed E-state index contributed by atoms with van der Waals surface area (Å²) in [7, 11) is 1.81. The molecular weight excluding hydrogens is 232 g/mol. The Kier molecular flexibility index (Phi) is 3.68. The minimum atomic E-state index is -0.642. The van der Waals surface area contributed by atoms with Crippen molar-refractivity contribution in [3.8, 4) is 0 Å². The zero-order chi connectivity index (χ0) is 13.3. The number of amides is 1. The Morgan fingerprint density at radius 2 is 2.11 bits per heavy atom. The van der Waals surface area contributed by atoms with Gasteiger partial charge in [-0.25, -0.2) is 0 Å². The van der Waals surface area contributed by atoms with Gasteiger partial charge in [0.15, 0.2) is 0 Å². The molecule has 2 rings (SSSR count). The lowest BCUT2D eigenvalue weighted by Gasteiger charge is -2.36. The highest BCUT2D eigenvalue weighted by Crippen LogP contribution is 2.17. The van der Waals surface area contributed by atoms with Gasteiger partial charge in [-0.05, 0) is 13.8 Å². The van der Waals surface area contributed by atoms with Crippen LogP contribution in [-0.4, -0.2) is 45.9 Å². The second-order valence-electron chi connectivity index (χ2n) is 4.93. The molecule has 1 aliphatic heterocycles. The van der Waals surface area contributed by atoms with E-state index < -0.39 is 6.04 Å². The first kappa shape index (κ1) is 13.0. The van der Waals surface area contributed by atoms with Crippen molar-refractivity contribution in [2.24, 2.45) is 12.8 Å². The van der Waals surface area contributed by atoms with E-state index in [0.29, 0.717) is 13.1 Å². The first-order chi connectivity index (χ1) is 8.47. The summed E-state index contributed by atoms with van der Waals surface area (Å²) in [5.41, 5.74) is 6.73. The second-order valence-corrected chi connectivity index (χ2v) is 4.93. The standard InChI is InChI=1S/C12H20N4O2/c1-8-5-16(6-9(2)18-8)12(17)11(13)10-4-14-15(3)7-10/h4,7-9,11H,5-6,13H2,1-3H3. The maximum absolute atomic E-state index is 12.3. The molecule has 1 amide bonds. The summed E-state index contributed by atoms with van der Waals surface area (Å²) >= 11 is 0. The number of nitrogens with two attached hydrogens (primary N) is 1. The van der Waals surface area contributed by atoms with Gasteiger partial charge in [0.25, 0.3) is 0 Å². The van der Waals surface area contributed by atoms with Crippen molar-refractivity contribution in [1.29, 1.82) is 0 Å². The molecule has 3 atom stereocenters. The van der Waals surface area contributed by atoms with E-state index >= 15 is 0 Å². The third-order valence-corrected chi connectivity index (χ3v) is 3.08. The van der Waals surface area contributed by atoms with Crippen LogP contribution in [-0.2, 0) is 16.6 Å². The highest BCUT2D eigenvalue weighted by molar-refractivity contribution is 5.83. The van der Waals surface area contributed by atoms with E-state index in [-0.39, 0.29) is 18.1 Å². The molecular formula is C12H20N4O2. The van der Waals surface area contributed by atoms with Crippen molar-refractivity contribution in [1.82, 2.24) is 14.7 Å². The number of rotatable bonds is 2. The van der Waals surface area contributed by atoms with Crippen LogP contribution in [0.15, 0.2) is 12.4 Å². The molecule has 2 heterocycles. The number of carbonyl (C=O) groups excluding carboxylic acids is 1. The van der Waals surface area contributed by atoms with Crippen LogP contribution in [0.25, 0.3) is 0 Å². The molecule has 1 aromatic heterocycles. The first-order valence-corrected chi connectivity index (χ1v) is 6.15. The number of hydrogen-bond acceptors (Lipinski definition) is 4. The van der Waals surface area contributed by atoms with Crippen molar-refractivity contribution >= 4 is 5.91 Å². The number of aromatic nitrogens is 2. The van der Waals surface area contributed by atoms with Crippen molar-refractivity contribution in [2.45, 2.75) is 32.1 Å². The number of carbonyl (C=O) groups is 1. The molecule has 3 unspecified atom stereocenters. The normalized spacial score (nSPS) is 26.1. The summed E-state index contributed by atoms with van der Waals surface area (Å²) in [5.74, 6) is -0.0648. The third kappa shape index (κ3) is 2.70. The molecule has 1 aliphatic rings. The van der Waals surface area contributed by atoms with Gasteiger partial charge in [-0.2, -0.15) is 5.10 Å². The molecule has 0 bridgehead atoms. The monoisotopic (exact) mass is 252 g/mol. The van der Waals surface area contributed by atoms with Gasteiger partial charge in [0.1, 0.15) is 6.04 Å². The minimum absolute atomic E-state index is 0.0544. The summed E-state index contributed by atoms with van der Waals surface area (Å²) in [6.45, 7) is 5.12. The van der Waals surface area contributed by atoms with Gasteiger partial charge in [0, 0.05) is 31.9 Å². The Morgan fingerprint density at radius 3 is 2.61 bits per heavy atom. The zero-order valence-corrected chi connectivity index (χ0v) is 11.0. The second kappa shape index (κ2) is 5.07. The summed E-state index contributed by atoms with van der Waals surface area (Å²) < 4.78 is 7.25. The van der Waals surface area contributed by atoms with E-state index in [9.17, 15) is 4.79 Å². The maximum atomic E-state index is 12.3. The third-order valence-electron chi connectivity index (χ3n) is 3.08. The lowest BCUT2D eigenvalue weighted by atomic mass is 10.1. The highest BCUT2D eigenvalue weighted by atomic mass is 16.5. The highest BCUT2D eigenvalue weighted by Gasteiger charge is 2.30. The van der Waals surface area contributed by atoms with E-state index in [1.165, 1.54) is 0 Å². The molecule has 6 heteroatoms. The summed E-state index contributed by atoms with van der Waals surface area (Å²) in [6, 6.07) is -0.642. The van der Waals surface area contributed by atoms with Gasteiger partial charge in [-0.15, -0.1) is 0 Å². The SMILES string of the molecule is CC1CN(C(=O)C(N)c2cnn(C)c2)CC(C)O1. The number of ether oxygens (including phenoxy) is 1. The lowest BCUT2D eigenvalue weighted by molar-refractivity contribution is -0.144. The molecule has 0 saturated carbocycles. The molecule has 6 nitrogen and oxygen atoms in total. The van der Waals surface area contributed by atoms with Gasteiger partial charge < -0.3 is 15.4 Å². The van der Waals surface area contributed by atoms with Crippen molar-refractivity contribution in [2.75, 3.05) is 13.1 Å². The number of aryl methyl sites for hydroxylation is 1. The molecule has 1 saturated heterocycles. The topological polar surface area (TPSA) is 73.4 Å². The van der Waals surface area contributed by atoms with Crippen LogP contribution in [0.5, 0.6) is 0 Å². The molecule has 1 aromatic rings. The van der Waals surface area contributed by atoms with E-state index in [1.807, 2.05) is 13.8 Å². The minimum Gasteiger partial charge on any atom is -0.372 e. The van der Waals surface area contributed by atoms with Gasteiger partial charge in [-0.1, -0.05) is 0 Å². The van der Waals surface area contributed by atoms with Crippen LogP contribution in [0, 0.1) is 0 Å². The molecule has 18 heavy (non-hydrogen) atoms. The van der Waals surface area contributed by atoms with Gasteiger partial charge >= 0.3 is 0 Å². The molecule has 1 fully saturated rings. The number of hydrogen-bond donors (Lipinski definition) is 1. The quantitative estimate of drug-likeness (QED) is 0.807. The smallest absolute Gasteiger partial charge is 0.244 e. The van der Waals surface area contributed by atoms with E-state index in [4.69, 9.17) is 10.5 Å². The summed E-state index contributed by atoms with van der Waals surface area (Å²) in [6.07, 6.45) is 3.52. The molecule has 100 valence electrons. The summed E-state index contributed by atoms with van der Waals surface area (Å²) in [5, 5.41) is 4.04. The molecule has 2 N–H and O–H groups in total. The van der Waals surface area contributed by atoms with Crippen molar-refractivity contribution < 1.29 is 9.53 Å². The Labute approximate surface area is 107 Å².